The molecule has 0 aliphatic heterocycles. The molecule has 2 saturated carbocycles. The van der Waals surface area contributed by atoms with E-state index in [0.717, 1.165) is 6.42 Å². The second-order valence-corrected chi connectivity index (χ2v) is 16.5. The maximum Gasteiger partial charge on any atom is 0 e. The fourth-order valence-electron chi connectivity index (χ4n) is 4.48. The first kappa shape index (κ1) is 39.4. The fraction of sp³-hybridized carbons (Fsp3) is 0.108. The Balaban J connectivity index is 0.000000249. The molecule has 0 atom stereocenters. The van der Waals surface area contributed by atoms with Crippen LogP contribution in [0.25, 0.3) is 0 Å². The maximum atomic E-state index is 9.44. The van der Waals surface area contributed by atoms with Crippen molar-refractivity contribution in [2.75, 3.05) is 0 Å². The van der Waals surface area contributed by atoms with Crippen LogP contribution in [0.1, 0.15) is 20.3 Å². The van der Waals surface area contributed by atoms with Crippen LogP contribution in [0.15, 0.2) is 121 Å². The van der Waals surface area contributed by atoms with E-state index in [4.69, 9.17) is 19.1 Å². The van der Waals surface area contributed by atoms with E-state index in [0.29, 0.717) is 5.66 Å². The van der Waals surface area contributed by atoms with Gasteiger partial charge in [0.25, 0.3) is 0 Å². The summed E-state index contributed by atoms with van der Waals surface area (Å²) in [5, 5.41) is 5.74. The molecule has 0 heterocycles. The zero-order valence-corrected chi connectivity index (χ0v) is 30.6. The maximum absolute atomic E-state index is 9.44. The van der Waals surface area contributed by atoms with Crippen molar-refractivity contribution < 1.29 is 37.8 Å². The number of rotatable bonds is 6. The first-order chi connectivity index (χ1) is 21.0. The van der Waals surface area contributed by atoms with E-state index >= 15 is 0 Å². The van der Waals surface area contributed by atoms with Gasteiger partial charge in [-0.1, -0.05) is 121 Å². The van der Waals surface area contributed by atoms with Gasteiger partial charge in [-0.15, -0.1) is 0 Å². The summed E-state index contributed by atoms with van der Waals surface area (Å²) in [5.41, 5.74) is 2.01. The molecular formula is C37H36Cl2FeOP2Pd. The molecule has 7 heteroatoms. The second-order valence-electron chi connectivity index (χ2n) is 9.53. The fourth-order valence-corrected chi connectivity index (χ4v) is 9.37. The number of hydrogen-bond acceptors (Lipinski definition) is 1. The molecule has 0 spiro atoms. The van der Waals surface area contributed by atoms with E-state index in [1.54, 1.807) is 0 Å². The molecule has 44 heavy (non-hydrogen) atoms. The third-order valence-electron chi connectivity index (χ3n) is 6.13. The number of benzene rings is 4. The Labute approximate surface area is 295 Å². The SMILES string of the molecule is CC(C)=O.[CH]1[CH][CH]C(P(c2ccccc2)c2ccccc2)[CH]1.[CH]1[CH][C](P(c2ccccc2)c2ccccc2)[CH]C1.[Cl][Pd][Cl].[Fe]. The average Bonchev–Trinajstić information content (AvgIpc) is 3.76. The smallest absolute Gasteiger partial charge is 0 e. The van der Waals surface area contributed by atoms with E-state index in [1.165, 1.54) is 40.7 Å². The van der Waals surface area contributed by atoms with Crippen molar-refractivity contribution in [1.29, 1.82) is 0 Å². The van der Waals surface area contributed by atoms with E-state index in [-0.39, 0.29) is 54.6 Å². The molecule has 2 fully saturated rings. The van der Waals surface area contributed by atoms with Gasteiger partial charge >= 0.3 is 35.0 Å². The predicted octanol–water partition coefficient (Wildman–Crippen LogP) is 8.96. The largest absolute Gasteiger partial charge is 0 e. The summed E-state index contributed by atoms with van der Waals surface area (Å²) in [5.74, 6) is 0.167. The Kier molecular flexibility index (Phi) is 21.0. The molecule has 232 valence electrons. The summed E-state index contributed by atoms with van der Waals surface area (Å²) in [7, 11) is 8.92. The van der Waals surface area contributed by atoms with Crippen LogP contribution in [-0.2, 0) is 37.8 Å². The van der Waals surface area contributed by atoms with Crippen molar-refractivity contribution >= 4 is 61.9 Å². The molecule has 4 aromatic carbocycles. The molecule has 0 N–H and O–H groups in total. The number of halogens is 2. The topological polar surface area (TPSA) is 17.1 Å². The van der Waals surface area contributed by atoms with Crippen molar-refractivity contribution in [3.8, 4) is 0 Å². The number of hydrogen-bond donors (Lipinski definition) is 0. The van der Waals surface area contributed by atoms with Crippen molar-refractivity contribution in [3.05, 3.63) is 172 Å². The Morgan fingerprint density at radius 3 is 1.32 bits per heavy atom. The molecular weight excluding hydrogens is 756 g/mol. The summed E-state index contributed by atoms with van der Waals surface area (Å²) in [6, 6.07) is 43.4. The minimum Gasteiger partial charge on any atom is 0 e. The van der Waals surface area contributed by atoms with Gasteiger partial charge in [-0.2, -0.15) is 0 Å². The van der Waals surface area contributed by atoms with Crippen molar-refractivity contribution in [2.24, 2.45) is 0 Å². The molecule has 2 aliphatic rings. The van der Waals surface area contributed by atoms with E-state index < -0.39 is 0 Å². The van der Waals surface area contributed by atoms with Gasteiger partial charge in [-0.25, -0.2) is 0 Å². The second kappa shape index (κ2) is 23.5. The van der Waals surface area contributed by atoms with Crippen LogP contribution in [0.4, 0.5) is 0 Å². The van der Waals surface area contributed by atoms with Gasteiger partial charge in [0.15, 0.2) is 0 Å². The van der Waals surface area contributed by atoms with Crippen LogP contribution in [-0.4, -0.2) is 11.4 Å². The van der Waals surface area contributed by atoms with Gasteiger partial charge in [0.05, 0.1) is 0 Å². The van der Waals surface area contributed by atoms with Crippen LogP contribution in [0.5, 0.6) is 0 Å². The van der Waals surface area contributed by atoms with Crippen LogP contribution in [0, 0.1) is 50.6 Å². The monoisotopic (exact) mass is 790 g/mol. The Morgan fingerprint density at radius 1 is 0.659 bits per heavy atom. The van der Waals surface area contributed by atoms with Crippen molar-refractivity contribution in [2.45, 2.75) is 25.9 Å². The molecule has 2 aliphatic carbocycles. The van der Waals surface area contributed by atoms with Crippen LogP contribution < -0.4 is 21.2 Å². The minimum atomic E-state index is -0.378. The zero-order valence-electron chi connectivity index (χ0n) is 24.6. The number of ketones is 1. The first-order valence-electron chi connectivity index (χ1n) is 13.9. The number of carbonyl (C=O) groups is 1. The average molecular weight is 792 g/mol. The van der Waals surface area contributed by atoms with E-state index in [2.05, 4.69) is 166 Å². The number of Topliss-reactive ketones (excluding diaryl/α,β-unsaturated/α-hetero) is 1. The minimum absolute atomic E-state index is 0. The predicted molar refractivity (Wildman–Crippen MR) is 188 cm³/mol. The summed E-state index contributed by atoms with van der Waals surface area (Å²) >= 11 is -0.106. The van der Waals surface area contributed by atoms with Gasteiger partial charge in [-0.05, 0) is 108 Å². The molecule has 6 rings (SSSR count). The molecule has 8 radical (unpaired) electrons. The molecule has 0 bridgehead atoms. The van der Waals surface area contributed by atoms with Gasteiger partial charge in [0.1, 0.15) is 5.78 Å². The van der Waals surface area contributed by atoms with Gasteiger partial charge < -0.3 is 4.79 Å². The Morgan fingerprint density at radius 2 is 1.00 bits per heavy atom. The van der Waals surface area contributed by atoms with Gasteiger partial charge in [0.2, 0.25) is 0 Å². The summed E-state index contributed by atoms with van der Waals surface area (Å²) in [4.78, 5) is 9.44. The molecule has 0 amide bonds. The first-order valence-corrected chi connectivity index (χ1v) is 20.6. The molecule has 1 nitrogen and oxygen atoms in total. The molecule has 0 saturated heterocycles. The quantitative estimate of drug-likeness (QED) is 0.141. The summed E-state index contributed by atoms with van der Waals surface area (Å²) in [6.07, 6.45) is 16.9. The normalized spacial score (nSPS) is 14.4. The van der Waals surface area contributed by atoms with Gasteiger partial charge in [-0.3, -0.25) is 0 Å². The standard InChI is InChI=1S/2C17H15P.C3H6O.2ClH.Fe.Pd/c2*1-3-9-15(10-4-1)18(17-13-7-8-14-17)16-11-5-2-6-12-16;1-3(2)4;;;;/h1-7,9-14H,8H2;1-14,17H;1-2H3;2*1H;;/q;;;;;;+2/p-2. The van der Waals surface area contributed by atoms with E-state index in [9.17, 15) is 4.79 Å². The molecule has 0 unspecified atom stereocenters. The zero-order chi connectivity index (χ0) is 30.7. The molecule has 0 aromatic heterocycles. The Bertz CT molecular complexity index is 1100. The summed E-state index contributed by atoms with van der Waals surface area (Å²) < 4.78 is 0. The summed E-state index contributed by atoms with van der Waals surface area (Å²) in [6.45, 7) is 3.06. The van der Waals surface area contributed by atoms with Crippen molar-refractivity contribution in [1.82, 2.24) is 0 Å². The van der Waals surface area contributed by atoms with Crippen LogP contribution in [0.2, 0.25) is 0 Å². The van der Waals surface area contributed by atoms with Gasteiger partial charge in [0, 0.05) is 22.7 Å². The Hall–Kier alpha value is -0.828. The number of carbonyl (C=O) groups excluding carboxylic acids is 1. The third kappa shape index (κ3) is 13.9. The molecule has 4 aromatic rings. The van der Waals surface area contributed by atoms with Crippen molar-refractivity contribution in [3.63, 3.8) is 0 Å². The van der Waals surface area contributed by atoms with E-state index in [1.807, 2.05) is 0 Å². The van der Waals surface area contributed by atoms with Crippen LogP contribution >= 0.6 is 34.9 Å². The van der Waals surface area contributed by atoms with Crippen LogP contribution in [0.3, 0.4) is 0 Å². The third-order valence-corrected chi connectivity index (χ3v) is 11.3.